The Hall–Kier alpha value is -4.48. The van der Waals surface area contributed by atoms with Gasteiger partial charge in [-0.25, -0.2) is 4.79 Å². The Morgan fingerprint density at radius 3 is 2.19 bits per heavy atom. The van der Waals surface area contributed by atoms with Crippen molar-refractivity contribution in [1.29, 1.82) is 5.26 Å². The van der Waals surface area contributed by atoms with Gasteiger partial charge in [0.1, 0.15) is 17.4 Å². The van der Waals surface area contributed by atoms with E-state index in [1.54, 1.807) is 18.2 Å². The maximum Gasteiger partial charge on any atom is 0.344 e. The maximum absolute atomic E-state index is 13.3. The lowest BCUT2D eigenvalue weighted by molar-refractivity contribution is -0.112. The second kappa shape index (κ2) is 10.6. The molecule has 0 heterocycles. The Labute approximate surface area is 227 Å². The number of anilines is 1. The SMILES string of the molecule is N#C/C(=C/c1c(OC(=O)c2cccc3ccccc23)ccc2ccccc12)C(=O)Nc1ccccc1I. The zero-order valence-corrected chi connectivity index (χ0v) is 21.6. The lowest BCUT2D eigenvalue weighted by Gasteiger charge is -2.13. The molecule has 0 saturated carbocycles. The van der Waals surface area contributed by atoms with E-state index in [2.05, 4.69) is 27.9 Å². The van der Waals surface area contributed by atoms with Crippen molar-refractivity contribution in [2.75, 3.05) is 5.32 Å². The Bertz CT molecular complexity index is 1750. The molecule has 0 aromatic heterocycles. The van der Waals surface area contributed by atoms with Gasteiger partial charge in [-0.3, -0.25) is 4.79 Å². The summed E-state index contributed by atoms with van der Waals surface area (Å²) in [5, 5.41) is 16.0. The number of para-hydroxylation sites is 1. The van der Waals surface area contributed by atoms with Crippen LogP contribution in [0.3, 0.4) is 0 Å². The maximum atomic E-state index is 13.3. The number of halogens is 1. The molecular formula is C31H19IN2O3. The summed E-state index contributed by atoms with van der Waals surface area (Å²) in [6.45, 7) is 0. The molecule has 178 valence electrons. The Balaban J connectivity index is 1.57. The number of nitriles is 1. The third kappa shape index (κ3) is 5.08. The van der Waals surface area contributed by atoms with Gasteiger partial charge >= 0.3 is 5.97 Å². The number of amides is 1. The van der Waals surface area contributed by atoms with E-state index in [1.165, 1.54) is 6.08 Å². The summed E-state index contributed by atoms with van der Waals surface area (Å²) in [5.41, 5.74) is 1.40. The van der Waals surface area contributed by atoms with Crippen LogP contribution in [0.4, 0.5) is 5.69 Å². The van der Waals surface area contributed by atoms with Crippen molar-refractivity contribution < 1.29 is 14.3 Å². The van der Waals surface area contributed by atoms with Gasteiger partial charge < -0.3 is 10.1 Å². The van der Waals surface area contributed by atoms with Crippen molar-refractivity contribution in [3.05, 3.63) is 123 Å². The number of carbonyl (C=O) groups excluding carboxylic acids is 2. The van der Waals surface area contributed by atoms with Crippen molar-refractivity contribution in [3.63, 3.8) is 0 Å². The minimum atomic E-state index is -0.550. The van der Waals surface area contributed by atoms with Gasteiger partial charge in [-0.15, -0.1) is 0 Å². The lowest BCUT2D eigenvalue weighted by Crippen LogP contribution is -2.14. The molecule has 5 nitrogen and oxygen atoms in total. The minimum Gasteiger partial charge on any atom is -0.422 e. The monoisotopic (exact) mass is 594 g/mol. The van der Waals surface area contributed by atoms with Crippen molar-refractivity contribution in [3.8, 4) is 11.8 Å². The summed E-state index contributed by atoms with van der Waals surface area (Å²) >= 11 is 2.12. The Kier molecular flexibility index (Phi) is 6.97. The molecule has 0 spiro atoms. The van der Waals surface area contributed by atoms with Gasteiger partial charge in [0.15, 0.2) is 0 Å². The normalized spacial score (nSPS) is 11.2. The average molecular weight is 594 g/mol. The molecule has 0 saturated heterocycles. The summed E-state index contributed by atoms with van der Waals surface area (Å²) < 4.78 is 6.73. The molecule has 1 amide bonds. The van der Waals surface area contributed by atoms with Crippen LogP contribution in [0.1, 0.15) is 15.9 Å². The van der Waals surface area contributed by atoms with E-state index in [0.29, 0.717) is 16.8 Å². The van der Waals surface area contributed by atoms with E-state index in [0.717, 1.165) is 25.1 Å². The highest BCUT2D eigenvalue weighted by Crippen LogP contribution is 2.32. The van der Waals surface area contributed by atoms with Crippen molar-refractivity contribution in [2.24, 2.45) is 0 Å². The number of carbonyl (C=O) groups is 2. The first-order valence-corrected chi connectivity index (χ1v) is 12.5. The molecule has 0 aliphatic rings. The zero-order chi connectivity index (χ0) is 25.8. The highest BCUT2D eigenvalue weighted by Gasteiger charge is 2.18. The predicted molar refractivity (Wildman–Crippen MR) is 154 cm³/mol. The quantitative estimate of drug-likeness (QED) is 0.0759. The van der Waals surface area contributed by atoms with E-state index in [4.69, 9.17) is 4.74 Å². The summed E-state index contributed by atoms with van der Waals surface area (Å²) in [7, 11) is 0. The number of hydrogen-bond acceptors (Lipinski definition) is 4. The van der Waals surface area contributed by atoms with Crippen LogP contribution in [-0.2, 0) is 4.79 Å². The van der Waals surface area contributed by atoms with Gasteiger partial charge in [0.05, 0.1) is 11.3 Å². The molecule has 0 aliphatic heterocycles. The molecule has 0 radical (unpaired) electrons. The van der Waals surface area contributed by atoms with Crippen LogP contribution in [0.2, 0.25) is 0 Å². The molecule has 6 heteroatoms. The number of nitrogens with zero attached hydrogens (tertiary/aromatic N) is 1. The Morgan fingerprint density at radius 1 is 0.784 bits per heavy atom. The number of benzene rings is 5. The van der Waals surface area contributed by atoms with E-state index in [1.807, 2.05) is 91.0 Å². The molecule has 0 aliphatic carbocycles. The van der Waals surface area contributed by atoms with E-state index in [-0.39, 0.29) is 11.3 Å². The molecule has 0 fully saturated rings. The molecule has 1 N–H and O–H groups in total. The number of rotatable bonds is 5. The van der Waals surface area contributed by atoms with Crippen LogP contribution in [0, 0.1) is 14.9 Å². The highest BCUT2D eigenvalue weighted by atomic mass is 127. The van der Waals surface area contributed by atoms with Crippen molar-refractivity contribution in [1.82, 2.24) is 0 Å². The third-order valence-corrected chi connectivity index (χ3v) is 6.86. The van der Waals surface area contributed by atoms with E-state index >= 15 is 0 Å². The summed E-state index contributed by atoms with van der Waals surface area (Å²) in [6, 6.07) is 33.4. The molecule has 37 heavy (non-hydrogen) atoms. The first kappa shape index (κ1) is 24.2. The van der Waals surface area contributed by atoms with Crippen LogP contribution < -0.4 is 10.1 Å². The predicted octanol–water partition coefficient (Wildman–Crippen LogP) is 7.36. The van der Waals surface area contributed by atoms with E-state index < -0.39 is 11.9 Å². The highest BCUT2D eigenvalue weighted by molar-refractivity contribution is 14.1. The van der Waals surface area contributed by atoms with Crippen LogP contribution in [0.5, 0.6) is 5.75 Å². The topological polar surface area (TPSA) is 79.2 Å². The molecule has 0 unspecified atom stereocenters. The lowest BCUT2D eigenvalue weighted by atomic mass is 10.0. The fourth-order valence-electron chi connectivity index (χ4n) is 4.12. The smallest absolute Gasteiger partial charge is 0.344 e. The molecule has 0 bridgehead atoms. The van der Waals surface area contributed by atoms with Gasteiger partial charge in [0.25, 0.3) is 5.91 Å². The second-order valence-corrected chi connectivity index (χ2v) is 9.38. The number of fused-ring (bicyclic) bond motifs is 2. The largest absolute Gasteiger partial charge is 0.422 e. The summed E-state index contributed by atoms with van der Waals surface area (Å²) in [4.78, 5) is 26.3. The summed E-state index contributed by atoms with van der Waals surface area (Å²) in [6.07, 6.45) is 1.47. The first-order valence-electron chi connectivity index (χ1n) is 11.4. The molecule has 5 aromatic carbocycles. The standard InChI is InChI=1S/C31H19IN2O3/c32-27-14-5-6-15-28(27)34-30(35)22(19-33)18-26-24-12-4-2-9-21(24)16-17-29(26)37-31(36)25-13-7-10-20-8-1-3-11-23(20)25/h1-18H,(H,34,35)/b22-18-. The third-order valence-electron chi connectivity index (χ3n) is 5.92. The van der Waals surface area contributed by atoms with E-state index in [9.17, 15) is 14.9 Å². The van der Waals surface area contributed by atoms with Crippen LogP contribution >= 0.6 is 22.6 Å². The fraction of sp³-hybridized carbons (Fsp3) is 0. The van der Waals surface area contributed by atoms with Gasteiger partial charge in [0.2, 0.25) is 0 Å². The van der Waals surface area contributed by atoms with Crippen molar-refractivity contribution >= 4 is 67.8 Å². The minimum absolute atomic E-state index is 0.113. The van der Waals surface area contributed by atoms with Crippen LogP contribution in [-0.4, -0.2) is 11.9 Å². The van der Waals surface area contributed by atoms with Crippen LogP contribution in [0.25, 0.3) is 27.6 Å². The molecule has 5 rings (SSSR count). The van der Waals surface area contributed by atoms with Crippen LogP contribution in [0.15, 0.2) is 109 Å². The number of ether oxygens (including phenoxy) is 1. The second-order valence-electron chi connectivity index (χ2n) is 8.22. The van der Waals surface area contributed by atoms with Gasteiger partial charge in [0, 0.05) is 9.13 Å². The fourth-order valence-corrected chi connectivity index (χ4v) is 4.64. The van der Waals surface area contributed by atoms with Gasteiger partial charge in [-0.05, 0) is 74.5 Å². The number of hydrogen-bond donors (Lipinski definition) is 1. The molecule has 5 aromatic rings. The van der Waals surface area contributed by atoms with Gasteiger partial charge in [-0.2, -0.15) is 5.26 Å². The van der Waals surface area contributed by atoms with Gasteiger partial charge in [-0.1, -0.05) is 78.9 Å². The first-order chi connectivity index (χ1) is 18.0. The van der Waals surface area contributed by atoms with Crippen molar-refractivity contribution in [2.45, 2.75) is 0 Å². The Morgan fingerprint density at radius 2 is 1.43 bits per heavy atom. The summed E-state index contributed by atoms with van der Waals surface area (Å²) in [5.74, 6) is -0.819. The average Bonchev–Trinajstić information content (AvgIpc) is 2.93. The molecule has 0 atom stereocenters. The zero-order valence-electron chi connectivity index (χ0n) is 19.4. The number of nitrogens with one attached hydrogen (secondary N) is 1. The molecular weight excluding hydrogens is 575 g/mol. The number of esters is 1.